The number of nitrogens with zero attached hydrogens (tertiary/aromatic N) is 1. The number of rotatable bonds is 5. The van der Waals surface area contributed by atoms with Gasteiger partial charge in [0.1, 0.15) is 4.90 Å². The average molecular weight is 371 g/mol. The molecular formula is C10H18IN3O2S. The molecule has 5 nitrogen and oxygen atoms in total. The van der Waals surface area contributed by atoms with E-state index in [-0.39, 0.29) is 16.9 Å². The molecule has 0 spiro atoms. The molecule has 0 bridgehead atoms. The molecule has 0 fully saturated rings. The number of aromatic amines is 1. The molecule has 17 heavy (non-hydrogen) atoms. The fraction of sp³-hybridized carbons (Fsp3) is 0.700. The van der Waals surface area contributed by atoms with Gasteiger partial charge in [0.2, 0.25) is 10.0 Å². The van der Waals surface area contributed by atoms with Crippen LogP contribution in [0.5, 0.6) is 0 Å². The van der Waals surface area contributed by atoms with Crippen LogP contribution in [0.25, 0.3) is 0 Å². The predicted octanol–water partition coefficient (Wildman–Crippen LogP) is 1.76. The Morgan fingerprint density at radius 3 is 2.35 bits per heavy atom. The molecule has 7 heteroatoms. The van der Waals surface area contributed by atoms with Crippen LogP contribution in [0.4, 0.5) is 0 Å². The average Bonchev–Trinajstić information content (AvgIpc) is 2.55. The van der Waals surface area contributed by atoms with Gasteiger partial charge in [-0.2, -0.15) is 5.10 Å². The fourth-order valence-electron chi connectivity index (χ4n) is 1.54. The van der Waals surface area contributed by atoms with Crippen LogP contribution in [0, 0.1) is 19.8 Å². The van der Waals surface area contributed by atoms with Gasteiger partial charge < -0.3 is 0 Å². The second kappa shape index (κ2) is 5.66. The first-order chi connectivity index (χ1) is 7.79. The summed E-state index contributed by atoms with van der Waals surface area (Å²) in [5, 5.41) is 6.61. The summed E-state index contributed by atoms with van der Waals surface area (Å²) >= 11 is 2.19. The highest BCUT2D eigenvalue weighted by atomic mass is 127. The van der Waals surface area contributed by atoms with E-state index in [0.29, 0.717) is 11.4 Å². The summed E-state index contributed by atoms with van der Waals surface area (Å²) < 4.78 is 27.9. The van der Waals surface area contributed by atoms with Gasteiger partial charge in [-0.05, 0) is 19.8 Å². The van der Waals surface area contributed by atoms with Gasteiger partial charge in [-0.3, -0.25) is 5.10 Å². The lowest BCUT2D eigenvalue weighted by molar-refractivity contribution is 0.485. The molecule has 1 aromatic heterocycles. The lowest BCUT2D eigenvalue weighted by atomic mass is 10.1. The van der Waals surface area contributed by atoms with Gasteiger partial charge in [0.15, 0.2) is 0 Å². The minimum atomic E-state index is -3.48. The van der Waals surface area contributed by atoms with E-state index in [9.17, 15) is 8.42 Å². The van der Waals surface area contributed by atoms with Crippen molar-refractivity contribution in [2.24, 2.45) is 5.92 Å². The van der Waals surface area contributed by atoms with Gasteiger partial charge in [-0.1, -0.05) is 36.4 Å². The summed E-state index contributed by atoms with van der Waals surface area (Å²) in [5.74, 6) is 0.259. The van der Waals surface area contributed by atoms with Crippen molar-refractivity contribution in [3.8, 4) is 0 Å². The first-order valence-corrected chi connectivity index (χ1v) is 8.40. The third-order valence-corrected chi connectivity index (χ3v) is 5.31. The van der Waals surface area contributed by atoms with Crippen molar-refractivity contribution in [1.82, 2.24) is 14.9 Å². The number of aryl methyl sites for hydroxylation is 2. The lowest BCUT2D eigenvalue weighted by Crippen LogP contribution is -2.40. The van der Waals surface area contributed by atoms with Crippen LogP contribution in [0.1, 0.15) is 25.2 Å². The molecule has 0 aliphatic heterocycles. The maximum absolute atomic E-state index is 12.2. The van der Waals surface area contributed by atoms with Crippen LogP contribution in [-0.2, 0) is 10.0 Å². The normalized spacial score (nSPS) is 14.2. The molecule has 1 atom stereocenters. The van der Waals surface area contributed by atoms with E-state index in [1.54, 1.807) is 13.8 Å². The van der Waals surface area contributed by atoms with Crippen molar-refractivity contribution < 1.29 is 8.42 Å². The number of alkyl halides is 1. The minimum absolute atomic E-state index is 0.0608. The number of hydrogen-bond donors (Lipinski definition) is 2. The summed E-state index contributed by atoms with van der Waals surface area (Å²) in [6.07, 6.45) is 0. The predicted molar refractivity (Wildman–Crippen MR) is 75.9 cm³/mol. The summed E-state index contributed by atoms with van der Waals surface area (Å²) in [4.78, 5) is 0.271. The molecule has 0 saturated carbocycles. The Morgan fingerprint density at radius 1 is 1.41 bits per heavy atom. The molecule has 1 heterocycles. The standard InChI is InChI=1S/C10H18IN3O2S/c1-6(2)9(5-11)14-17(15,16)10-7(3)12-13-8(10)4/h6,9,14H,5H2,1-4H3,(H,12,13). The second-order valence-electron chi connectivity index (χ2n) is 4.39. The Labute approximate surface area is 116 Å². The van der Waals surface area contributed by atoms with E-state index in [1.165, 1.54) is 0 Å². The molecule has 1 unspecified atom stereocenters. The van der Waals surface area contributed by atoms with Crippen molar-refractivity contribution in [2.75, 3.05) is 4.43 Å². The van der Waals surface area contributed by atoms with Gasteiger partial charge in [0, 0.05) is 10.5 Å². The highest BCUT2D eigenvalue weighted by molar-refractivity contribution is 14.1. The fourth-order valence-corrected chi connectivity index (χ4v) is 4.83. The molecule has 0 radical (unpaired) electrons. The zero-order valence-corrected chi connectivity index (χ0v) is 13.4. The van der Waals surface area contributed by atoms with Gasteiger partial charge in [-0.15, -0.1) is 0 Å². The Morgan fingerprint density at radius 2 is 2.00 bits per heavy atom. The summed E-state index contributed by atoms with van der Waals surface area (Å²) in [6, 6.07) is -0.0608. The SMILES string of the molecule is Cc1n[nH]c(C)c1S(=O)(=O)NC(CI)C(C)C. The van der Waals surface area contributed by atoms with E-state index >= 15 is 0 Å². The van der Waals surface area contributed by atoms with Gasteiger partial charge in [-0.25, -0.2) is 13.1 Å². The maximum atomic E-state index is 12.2. The molecule has 98 valence electrons. The number of hydrogen-bond acceptors (Lipinski definition) is 3. The molecule has 0 aliphatic rings. The Hall–Kier alpha value is -0.150. The Bertz CT molecular complexity index is 462. The summed E-state index contributed by atoms with van der Waals surface area (Å²) in [6.45, 7) is 7.40. The van der Waals surface area contributed by atoms with E-state index in [1.807, 2.05) is 13.8 Å². The zero-order chi connectivity index (χ0) is 13.2. The van der Waals surface area contributed by atoms with Gasteiger partial charge in [0.05, 0.1) is 11.4 Å². The highest BCUT2D eigenvalue weighted by Crippen LogP contribution is 2.18. The van der Waals surface area contributed by atoms with E-state index in [0.717, 1.165) is 4.43 Å². The largest absolute Gasteiger partial charge is 0.281 e. The van der Waals surface area contributed by atoms with Crippen molar-refractivity contribution >= 4 is 32.6 Å². The lowest BCUT2D eigenvalue weighted by Gasteiger charge is -2.19. The summed E-state index contributed by atoms with van der Waals surface area (Å²) in [5.41, 5.74) is 1.08. The van der Waals surface area contributed by atoms with Crippen LogP contribution in [0.3, 0.4) is 0 Å². The maximum Gasteiger partial charge on any atom is 0.244 e. The van der Waals surface area contributed by atoms with Crippen molar-refractivity contribution in [1.29, 1.82) is 0 Å². The molecule has 0 aliphatic carbocycles. The zero-order valence-electron chi connectivity index (χ0n) is 10.4. The molecule has 0 aromatic carbocycles. The molecule has 0 saturated heterocycles. The van der Waals surface area contributed by atoms with Crippen LogP contribution >= 0.6 is 22.6 Å². The van der Waals surface area contributed by atoms with Crippen LogP contribution < -0.4 is 4.72 Å². The number of halogens is 1. The third kappa shape index (κ3) is 3.41. The third-order valence-electron chi connectivity index (χ3n) is 2.61. The van der Waals surface area contributed by atoms with Gasteiger partial charge >= 0.3 is 0 Å². The second-order valence-corrected chi connectivity index (χ2v) is 6.92. The summed E-state index contributed by atoms with van der Waals surface area (Å²) in [7, 11) is -3.48. The number of aromatic nitrogens is 2. The van der Waals surface area contributed by atoms with Crippen LogP contribution in [0.2, 0.25) is 0 Å². The molecule has 1 rings (SSSR count). The molecule has 1 aromatic rings. The first-order valence-electron chi connectivity index (χ1n) is 5.39. The Balaban J connectivity index is 3.05. The van der Waals surface area contributed by atoms with E-state index < -0.39 is 10.0 Å². The van der Waals surface area contributed by atoms with Crippen LogP contribution in [-0.4, -0.2) is 29.1 Å². The van der Waals surface area contributed by atoms with Crippen molar-refractivity contribution in [3.63, 3.8) is 0 Å². The molecule has 2 N–H and O–H groups in total. The van der Waals surface area contributed by atoms with Crippen LogP contribution in [0.15, 0.2) is 4.90 Å². The number of nitrogens with one attached hydrogen (secondary N) is 2. The van der Waals surface area contributed by atoms with E-state index in [4.69, 9.17) is 0 Å². The minimum Gasteiger partial charge on any atom is -0.281 e. The quantitative estimate of drug-likeness (QED) is 0.612. The smallest absolute Gasteiger partial charge is 0.244 e. The van der Waals surface area contributed by atoms with Crippen molar-refractivity contribution in [3.05, 3.63) is 11.4 Å². The highest BCUT2D eigenvalue weighted by Gasteiger charge is 2.26. The Kier molecular flexibility index (Phi) is 4.96. The molecular weight excluding hydrogens is 353 g/mol. The van der Waals surface area contributed by atoms with Gasteiger partial charge in [0.25, 0.3) is 0 Å². The monoisotopic (exact) mass is 371 g/mol. The topological polar surface area (TPSA) is 74.8 Å². The number of sulfonamides is 1. The molecule has 0 amide bonds. The number of H-pyrrole nitrogens is 1. The van der Waals surface area contributed by atoms with Crippen molar-refractivity contribution in [2.45, 2.75) is 38.6 Å². The first kappa shape index (κ1) is 14.9. The van der Waals surface area contributed by atoms with E-state index in [2.05, 4.69) is 37.5 Å².